The Balaban J connectivity index is 2.85. The van der Waals surface area contributed by atoms with Crippen LogP contribution in [0, 0.1) is 18.3 Å². The van der Waals surface area contributed by atoms with Crippen LogP contribution in [0.2, 0.25) is 5.02 Å². The molecule has 0 aromatic heterocycles. The Bertz CT molecular complexity index is 343. The molecule has 0 saturated heterocycles. The lowest BCUT2D eigenvalue weighted by Crippen LogP contribution is -2.08. The van der Waals surface area contributed by atoms with Gasteiger partial charge in [-0.05, 0) is 37.6 Å². The van der Waals surface area contributed by atoms with Gasteiger partial charge in [0.05, 0.1) is 0 Å². The van der Waals surface area contributed by atoms with Crippen molar-refractivity contribution in [2.45, 2.75) is 20.0 Å². The van der Waals surface area contributed by atoms with Crippen molar-refractivity contribution in [3.8, 4) is 11.8 Å². The smallest absolute Gasteiger partial charge is 0.181 e. The van der Waals surface area contributed by atoms with E-state index in [4.69, 9.17) is 21.6 Å². The normalized spacial score (nSPS) is 11.8. The fourth-order valence-corrected chi connectivity index (χ4v) is 1.19. The van der Waals surface area contributed by atoms with Crippen molar-refractivity contribution >= 4 is 11.6 Å². The van der Waals surface area contributed by atoms with Gasteiger partial charge in [-0.2, -0.15) is 5.26 Å². The number of nitrogens with zero attached hydrogens (tertiary/aromatic N) is 1. The molecule has 0 aliphatic carbocycles. The number of hydrogen-bond donors (Lipinski definition) is 0. The van der Waals surface area contributed by atoms with Crippen molar-refractivity contribution in [3.05, 3.63) is 28.8 Å². The summed E-state index contributed by atoms with van der Waals surface area (Å²) >= 11 is 5.77. The van der Waals surface area contributed by atoms with E-state index in [1.807, 2.05) is 13.0 Å². The second-order valence-corrected chi connectivity index (χ2v) is 3.24. The van der Waals surface area contributed by atoms with E-state index in [1.165, 1.54) is 0 Å². The molecule has 13 heavy (non-hydrogen) atoms. The predicted octanol–water partition coefficient (Wildman–Crippen LogP) is 2.94. The third-order valence-corrected chi connectivity index (χ3v) is 1.86. The third-order valence-electron chi connectivity index (χ3n) is 1.62. The van der Waals surface area contributed by atoms with Crippen molar-refractivity contribution in [2.24, 2.45) is 0 Å². The number of aryl methyl sites for hydroxylation is 1. The Morgan fingerprint density at radius 1 is 1.54 bits per heavy atom. The highest BCUT2D eigenvalue weighted by Crippen LogP contribution is 2.22. The first-order chi connectivity index (χ1) is 6.13. The maximum atomic E-state index is 8.54. The minimum absolute atomic E-state index is 0.431. The van der Waals surface area contributed by atoms with Crippen molar-refractivity contribution in [2.75, 3.05) is 0 Å². The molecule has 0 radical (unpaired) electrons. The first kappa shape index (κ1) is 9.88. The van der Waals surface area contributed by atoms with E-state index in [2.05, 4.69) is 0 Å². The molecule has 1 rings (SSSR count). The highest BCUT2D eigenvalue weighted by molar-refractivity contribution is 6.30. The summed E-state index contributed by atoms with van der Waals surface area (Å²) in [6.07, 6.45) is -0.431. The predicted molar refractivity (Wildman–Crippen MR) is 51.9 cm³/mol. The van der Waals surface area contributed by atoms with E-state index in [9.17, 15) is 0 Å². The molecule has 1 aromatic rings. The average Bonchev–Trinajstić information content (AvgIpc) is 2.09. The number of benzene rings is 1. The van der Waals surface area contributed by atoms with Crippen LogP contribution in [-0.4, -0.2) is 6.10 Å². The molecule has 0 amide bonds. The van der Waals surface area contributed by atoms with Crippen LogP contribution >= 0.6 is 11.6 Å². The molecule has 1 atom stereocenters. The summed E-state index contributed by atoms with van der Waals surface area (Å²) in [5, 5.41) is 9.22. The van der Waals surface area contributed by atoms with Gasteiger partial charge in [0, 0.05) is 5.02 Å². The molecule has 0 saturated carbocycles. The van der Waals surface area contributed by atoms with Crippen LogP contribution in [0.5, 0.6) is 5.75 Å². The second-order valence-electron chi connectivity index (χ2n) is 2.80. The Morgan fingerprint density at radius 2 is 2.23 bits per heavy atom. The van der Waals surface area contributed by atoms with Gasteiger partial charge in [0.15, 0.2) is 6.10 Å². The van der Waals surface area contributed by atoms with Gasteiger partial charge in [0.2, 0.25) is 0 Å². The van der Waals surface area contributed by atoms with Crippen molar-refractivity contribution < 1.29 is 4.74 Å². The fourth-order valence-electron chi connectivity index (χ4n) is 0.962. The number of halogens is 1. The summed E-state index contributed by atoms with van der Waals surface area (Å²) < 4.78 is 5.33. The highest BCUT2D eigenvalue weighted by atomic mass is 35.5. The maximum absolute atomic E-state index is 8.54. The van der Waals surface area contributed by atoms with Crippen LogP contribution in [0.15, 0.2) is 18.2 Å². The van der Waals surface area contributed by atoms with Gasteiger partial charge in [-0.25, -0.2) is 0 Å². The molecule has 1 aromatic carbocycles. The molecule has 3 heteroatoms. The minimum Gasteiger partial charge on any atom is -0.476 e. The van der Waals surface area contributed by atoms with E-state index in [1.54, 1.807) is 25.1 Å². The summed E-state index contributed by atoms with van der Waals surface area (Å²) in [7, 11) is 0. The standard InChI is InChI=1S/C10H10ClNO/c1-7-5-9(11)3-4-10(7)13-8(2)6-12/h3-5,8H,1-2H3. The molecule has 0 N–H and O–H groups in total. The van der Waals surface area contributed by atoms with Crippen LogP contribution in [0.3, 0.4) is 0 Å². The fraction of sp³-hybridized carbons (Fsp3) is 0.300. The zero-order valence-electron chi connectivity index (χ0n) is 7.54. The number of nitriles is 1. The van der Waals surface area contributed by atoms with E-state index < -0.39 is 6.10 Å². The monoisotopic (exact) mass is 195 g/mol. The van der Waals surface area contributed by atoms with Gasteiger partial charge >= 0.3 is 0 Å². The van der Waals surface area contributed by atoms with Crippen LogP contribution in [0.4, 0.5) is 0 Å². The van der Waals surface area contributed by atoms with Gasteiger partial charge in [-0.15, -0.1) is 0 Å². The average molecular weight is 196 g/mol. The van der Waals surface area contributed by atoms with Crippen molar-refractivity contribution in [1.29, 1.82) is 5.26 Å². The lowest BCUT2D eigenvalue weighted by atomic mass is 10.2. The molecule has 68 valence electrons. The van der Waals surface area contributed by atoms with Gasteiger partial charge in [-0.1, -0.05) is 11.6 Å². The van der Waals surface area contributed by atoms with Crippen LogP contribution in [0.25, 0.3) is 0 Å². The molecule has 2 nitrogen and oxygen atoms in total. The molecule has 0 spiro atoms. The van der Waals surface area contributed by atoms with E-state index in [-0.39, 0.29) is 0 Å². The molecule has 1 unspecified atom stereocenters. The molecule has 0 aliphatic rings. The Labute approximate surface area is 82.7 Å². The molecular weight excluding hydrogens is 186 g/mol. The summed E-state index contributed by atoms with van der Waals surface area (Å²) in [5.74, 6) is 0.707. The molecule has 0 aliphatic heterocycles. The second kappa shape index (κ2) is 4.15. The zero-order chi connectivity index (χ0) is 9.84. The van der Waals surface area contributed by atoms with Gasteiger partial charge in [-0.3, -0.25) is 0 Å². The summed E-state index contributed by atoms with van der Waals surface area (Å²) in [6.45, 7) is 3.60. The van der Waals surface area contributed by atoms with E-state index in [0.29, 0.717) is 10.8 Å². The van der Waals surface area contributed by atoms with Crippen molar-refractivity contribution in [3.63, 3.8) is 0 Å². The molecule has 0 bridgehead atoms. The van der Waals surface area contributed by atoms with Crippen LogP contribution < -0.4 is 4.74 Å². The summed E-state index contributed by atoms with van der Waals surface area (Å²) in [6, 6.07) is 7.32. The van der Waals surface area contributed by atoms with Gasteiger partial charge in [0.1, 0.15) is 11.8 Å². The van der Waals surface area contributed by atoms with Gasteiger partial charge < -0.3 is 4.74 Å². The third kappa shape index (κ3) is 2.64. The zero-order valence-corrected chi connectivity index (χ0v) is 8.30. The van der Waals surface area contributed by atoms with E-state index in [0.717, 1.165) is 5.56 Å². The van der Waals surface area contributed by atoms with Gasteiger partial charge in [0.25, 0.3) is 0 Å². The van der Waals surface area contributed by atoms with Crippen LogP contribution in [-0.2, 0) is 0 Å². The summed E-state index contributed by atoms with van der Waals surface area (Å²) in [4.78, 5) is 0. The lowest BCUT2D eigenvalue weighted by molar-refractivity contribution is 0.274. The Hall–Kier alpha value is -1.20. The first-order valence-corrected chi connectivity index (χ1v) is 4.33. The Kier molecular flexibility index (Phi) is 3.16. The maximum Gasteiger partial charge on any atom is 0.181 e. The quantitative estimate of drug-likeness (QED) is 0.727. The SMILES string of the molecule is Cc1cc(Cl)ccc1OC(C)C#N. The van der Waals surface area contributed by atoms with Crippen molar-refractivity contribution in [1.82, 2.24) is 0 Å². The first-order valence-electron chi connectivity index (χ1n) is 3.96. The highest BCUT2D eigenvalue weighted by Gasteiger charge is 2.04. The number of rotatable bonds is 2. The minimum atomic E-state index is -0.431. The molecular formula is C10H10ClNO. The summed E-state index contributed by atoms with van der Waals surface area (Å²) in [5.41, 5.74) is 0.939. The lowest BCUT2D eigenvalue weighted by Gasteiger charge is -2.10. The molecule has 0 heterocycles. The van der Waals surface area contributed by atoms with Crippen LogP contribution in [0.1, 0.15) is 12.5 Å². The molecule has 0 fully saturated rings. The topological polar surface area (TPSA) is 33.0 Å². The Morgan fingerprint density at radius 3 is 2.77 bits per heavy atom. The number of hydrogen-bond acceptors (Lipinski definition) is 2. The largest absolute Gasteiger partial charge is 0.476 e. The van der Waals surface area contributed by atoms with E-state index >= 15 is 0 Å². The number of ether oxygens (including phenoxy) is 1.